The largest absolute Gasteiger partial charge is 0.419 e. The standard InChI is InChI=1S/C22H27F3N8O/c1-32-6-7-34-21(4-5-33(12-21)19(13-2-3-13)17-11-29-31-30-17)18(32)9-16(26)14-8-15(22(23,24)25)20(27)28-10-14/h8-11,13,19,26H,2-7,12H2,1H3,(H2,27,28)(H,29,30,31)/b18-9-,26-16?/t19?,21-/m1/s1. The number of rotatable bonds is 5. The zero-order chi connectivity index (χ0) is 24.1. The van der Waals surface area contributed by atoms with Crippen LogP contribution in [0.1, 0.15) is 42.1 Å². The van der Waals surface area contributed by atoms with Crippen LogP contribution in [0.3, 0.4) is 0 Å². The summed E-state index contributed by atoms with van der Waals surface area (Å²) in [7, 11) is 1.92. The maximum atomic E-state index is 13.3. The summed E-state index contributed by atoms with van der Waals surface area (Å²) in [4.78, 5) is 8.06. The number of nitrogens with zero attached hydrogens (tertiary/aromatic N) is 5. The molecule has 2 atom stereocenters. The molecule has 3 aliphatic rings. The van der Waals surface area contributed by atoms with Crippen molar-refractivity contribution in [2.24, 2.45) is 5.92 Å². The molecule has 5 rings (SSSR count). The summed E-state index contributed by atoms with van der Waals surface area (Å²) in [5, 5.41) is 19.6. The Hall–Kier alpha value is -2.99. The van der Waals surface area contributed by atoms with Crippen LogP contribution in [0.4, 0.5) is 19.0 Å². The number of alkyl halides is 3. The predicted molar refractivity (Wildman–Crippen MR) is 118 cm³/mol. The van der Waals surface area contributed by atoms with E-state index in [0.29, 0.717) is 32.0 Å². The minimum absolute atomic E-state index is 0.0523. The zero-order valence-corrected chi connectivity index (χ0v) is 18.8. The topological polar surface area (TPSA) is 120 Å². The van der Waals surface area contributed by atoms with E-state index in [9.17, 15) is 13.2 Å². The van der Waals surface area contributed by atoms with Crippen LogP contribution in [-0.2, 0) is 10.9 Å². The molecule has 2 saturated heterocycles. The quantitative estimate of drug-likeness (QED) is 0.568. The summed E-state index contributed by atoms with van der Waals surface area (Å²) in [6, 6.07) is 1.03. The van der Waals surface area contributed by atoms with Crippen LogP contribution < -0.4 is 5.73 Å². The van der Waals surface area contributed by atoms with E-state index in [4.69, 9.17) is 15.9 Å². The Morgan fingerprint density at radius 2 is 2.15 bits per heavy atom. The number of allylic oxidation sites excluding steroid dienone is 1. The zero-order valence-electron chi connectivity index (χ0n) is 18.8. The molecule has 3 fully saturated rings. The number of hydrogen-bond donors (Lipinski definition) is 3. The maximum Gasteiger partial charge on any atom is 0.419 e. The maximum absolute atomic E-state index is 13.3. The van der Waals surface area contributed by atoms with E-state index >= 15 is 0 Å². The van der Waals surface area contributed by atoms with Crippen LogP contribution >= 0.6 is 0 Å². The lowest BCUT2D eigenvalue weighted by Gasteiger charge is -2.43. The fraction of sp³-hybridized carbons (Fsp3) is 0.545. The van der Waals surface area contributed by atoms with E-state index in [1.807, 2.05) is 11.9 Å². The third-order valence-electron chi connectivity index (χ3n) is 6.96. The molecule has 1 saturated carbocycles. The van der Waals surface area contributed by atoms with Gasteiger partial charge in [-0.1, -0.05) is 0 Å². The van der Waals surface area contributed by atoms with E-state index in [0.717, 1.165) is 36.8 Å². The van der Waals surface area contributed by atoms with Gasteiger partial charge in [0.05, 0.1) is 35.8 Å². The molecular weight excluding hydrogens is 449 g/mol. The van der Waals surface area contributed by atoms with Gasteiger partial charge < -0.3 is 20.8 Å². The van der Waals surface area contributed by atoms with Crippen molar-refractivity contribution >= 4 is 11.5 Å². The molecule has 0 radical (unpaired) electrons. The summed E-state index contributed by atoms with van der Waals surface area (Å²) >= 11 is 0. The molecule has 0 bridgehead atoms. The third kappa shape index (κ3) is 4.16. The number of morpholine rings is 1. The molecule has 1 aliphatic carbocycles. The fourth-order valence-corrected chi connectivity index (χ4v) is 5.10. The van der Waals surface area contributed by atoms with Crippen LogP contribution in [0, 0.1) is 11.3 Å². The number of halogens is 3. The number of likely N-dealkylation sites (N-methyl/N-ethyl adjacent to an activating group) is 1. The number of hydrogen-bond acceptors (Lipinski definition) is 8. The number of H-pyrrole nitrogens is 1. The van der Waals surface area contributed by atoms with Crippen LogP contribution in [0.2, 0.25) is 0 Å². The summed E-state index contributed by atoms with van der Waals surface area (Å²) in [5.74, 6) is -0.0781. The van der Waals surface area contributed by atoms with E-state index in [-0.39, 0.29) is 17.3 Å². The number of nitrogens with one attached hydrogen (secondary N) is 2. The molecule has 182 valence electrons. The number of anilines is 1. The number of pyridine rings is 1. The first-order valence-corrected chi connectivity index (χ1v) is 11.3. The van der Waals surface area contributed by atoms with Gasteiger partial charge in [-0.25, -0.2) is 4.98 Å². The second-order valence-electron chi connectivity index (χ2n) is 9.26. The van der Waals surface area contributed by atoms with Gasteiger partial charge in [-0.3, -0.25) is 4.90 Å². The van der Waals surface area contributed by atoms with Crippen molar-refractivity contribution < 1.29 is 17.9 Å². The highest BCUT2D eigenvalue weighted by Gasteiger charge is 2.50. The molecule has 12 heteroatoms. The molecule has 4 heterocycles. The highest BCUT2D eigenvalue weighted by Crippen LogP contribution is 2.48. The van der Waals surface area contributed by atoms with Crippen molar-refractivity contribution in [3.8, 4) is 0 Å². The molecule has 1 unspecified atom stereocenters. The number of nitrogen functional groups attached to an aromatic ring is 1. The Morgan fingerprint density at radius 1 is 1.35 bits per heavy atom. The van der Waals surface area contributed by atoms with Gasteiger partial charge in [0, 0.05) is 44.1 Å². The van der Waals surface area contributed by atoms with Gasteiger partial charge in [0.15, 0.2) is 0 Å². The van der Waals surface area contributed by atoms with Gasteiger partial charge in [0.1, 0.15) is 11.4 Å². The van der Waals surface area contributed by atoms with Crippen molar-refractivity contribution in [3.05, 3.63) is 47.1 Å². The van der Waals surface area contributed by atoms with Gasteiger partial charge in [0.25, 0.3) is 0 Å². The van der Waals surface area contributed by atoms with E-state index in [2.05, 4.69) is 25.3 Å². The number of nitrogens with two attached hydrogens (primary N) is 1. The first-order valence-electron chi connectivity index (χ1n) is 11.3. The smallest absolute Gasteiger partial charge is 0.383 e. The van der Waals surface area contributed by atoms with Crippen LogP contribution in [0.5, 0.6) is 0 Å². The second-order valence-corrected chi connectivity index (χ2v) is 9.26. The Bertz CT molecular complexity index is 1100. The SMILES string of the molecule is CN1CCO[C@@]2(CCN(C(c3cn[nH]n3)C3CC3)C2)/C1=C/C(=N)c1cnc(N)c(C(F)(F)F)c1. The van der Waals surface area contributed by atoms with Gasteiger partial charge >= 0.3 is 6.18 Å². The molecule has 0 aromatic carbocycles. The normalized spacial score (nSPS) is 25.9. The number of ether oxygens (including phenoxy) is 1. The second kappa shape index (κ2) is 8.35. The summed E-state index contributed by atoms with van der Waals surface area (Å²) in [6.07, 6.45) is 2.93. The van der Waals surface area contributed by atoms with E-state index in [1.165, 1.54) is 6.20 Å². The Morgan fingerprint density at radius 3 is 2.82 bits per heavy atom. The Balaban J connectivity index is 1.44. The first-order chi connectivity index (χ1) is 16.2. The molecule has 2 aliphatic heterocycles. The van der Waals surface area contributed by atoms with E-state index in [1.54, 1.807) is 12.3 Å². The highest BCUT2D eigenvalue weighted by atomic mass is 19.4. The lowest BCUT2D eigenvalue weighted by atomic mass is 9.93. The van der Waals surface area contributed by atoms with Crippen molar-refractivity contribution in [1.82, 2.24) is 30.2 Å². The van der Waals surface area contributed by atoms with Crippen LogP contribution in [0.25, 0.3) is 0 Å². The minimum Gasteiger partial charge on any atom is -0.383 e. The van der Waals surface area contributed by atoms with Crippen molar-refractivity contribution in [2.45, 2.75) is 37.1 Å². The Labute approximate surface area is 194 Å². The third-order valence-corrected chi connectivity index (χ3v) is 6.96. The average molecular weight is 477 g/mol. The van der Waals surface area contributed by atoms with Gasteiger partial charge in [-0.15, -0.1) is 0 Å². The lowest BCUT2D eigenvalue weighted by Crippen LogP contribution is -2.50. The van der Waals surface area contributed by atoms with Crippen LogP contribution in [-0.4, -0.2) is 74.8 Å². The average Bonchev–Trinajstić information content (AvgIpc) is 3.29. The molecule has 2 aromatic rings. The molecule has 9 nitrogen and oxygen atoms in total. The van der Waals surface area contributed by atoms with Gasteiger partial charge in [-0.2, -0.15) is 28.6 Å². The predicted octanol–water partition coefficient (Wildman–Crippen LogP) is 2.61. The fourth-order valence-electron chi connectivity index (χ4n) is 5.10. The molecule has 4 N–H and O–H groups in total. The lowest BCUT2D eigenvalue weighted by molar-refractivity contribution is -0.137. The highest BCUT2D eigenvalue weighted by molar-refractivity contribution is 6.07. The molecule has 2 aromatic heterocycles. The number of aromatic nitrogens is 4. The molecular formula is C22H27F3N8O. The van der Waals surface area contributed by atoms with Gasteiger partial charge in [-0.05, 0) is 37.3 Å². The van der Waals surface area contributed by atoms with Crippen molar-refractivity contribution in [2.75, 3.05) is 39.0 Å². The van der Waals surface area contributed by atoms with Gasteiger partial charge in [0.2, 0.25) is 0 Å². The van der Waals surface area contributed by atoms with Crippen molar-refractivity contribution in [3.63, 3.8) is 0 Å². The Kier molecular flexibility index (Phi) is 5.59. The summed E-state index contributed by atoms with van der Waals surface area (Å²) < 4.78 is 46.3. The molecule has 0 amide bonds. The summed E-state index contributed by atoms with van der Waals surface area (Å²) in [6.45, 7) is 2.56. The monoisotopic (exact) mass is 476 g/mol. The number of aromatic amines is 1. The van der Waals surface area contributed by atoms with Crippen molar-refractivity contribution in [1.29, 1.82) is 5.41 Å². The van der Waals surface area contributed by atoms with E-state index < -0.39 is 23.2 Å². The number of likely N-dealkylation sites (tertiary alicyclic amines) is 1. The first kappa shape index (κ1) is 22.8. The van der Waals surface area contributed by atoms with Crippen LogP contribution in [0.15, 0.2) is 30.2 Å². The molecule has 1 spiro atoms. The minimum atomic E-state index is -4.64. The summed E-state index contributed by atoms with van der Waals surface area (Å²) in [5.41, 5.74) is 5.42. The molecule has 34 heavy (non-hydrogen) atoms.